The van der Waals surface area contributed by atoms with Crippen LogP contribution in [0.5, 0.6) is 0 Å². The first-order chi connectivity index (χ1) is 28.3. The van der Waals surface area contributed by atoms with E-state index in [2.05, 4.69) is 194 Å². The van der Waals surface area contributed by atoms with Crippen molar-refractivity contribution in [3.8, 4) is 44.5 Å². The van der Waals surface area contributed by atoms with E-state index in [0.29, 0.717) is 0 Å². The van der Waals surface area contributed by atoms with E-state index in [1.807, 2.05) is 0 Å². The zero-order chi connectivity index (χ0) is 38.4. The van der Waals surface area contributed by atoms with E-state index in [-0.39, 0.29) is 10.8 Å². The minimum atomic E-state index is -0.00559. The molecule has 2 nitrogen and oxygen atoms in total. The van der Waals surface area contributed by atoms with E-state index < -0.39 is 0 Å². The summed E-state index contributed by atoms with van der Waals surface area (Å²) in [7, 11) is 0. The molecule has 8 aromatic carbocycles. The second kappa shape index (κ2) is 10.1. The largest absolute Gasteiger partial charge is 0.306 e. The molecule has 0 aliphatic heterocycles. The zero-order valence-electron chi connectivity index (χ0n) is 32.9. The fourth-order valence-corrected chi connectivity index (χ4v) is 11.8. The SMILES string of the molecule is CC1(C)c2ccccc2-c2cc(-c3ccc4c5cccc6c5n(c4c3)c3c4cccc5c7ccc(-c8ccc9c(c8)-c8ccccc8C9(C)C)cc7n(c54)c63)ccc21. The molecule has 0 atom stereocenters. The van der Waals surface area contributed by atoms with E-state index in [0.717, 1.165) is 0 Å². The Bertz CT molecular complexity index is 3540. The number of aromatic nitrogens is 2. The third kappa shape index (κ3) is 3.54. The standard InChI is InChI=1S/C56H38N2/c1-55(2)45-17-7-5-11-35(45)43-27-31(21-25-47(43)55)33-19-23-37-39-13-9-15-41-51(39)57(49(37)29-33)53-42-16-10-14-40-38-24-20-34(30-50(38)58(52(40)42)54(41)53)32-22-26-48-44(28-32)36-12-6-8-18-46(36)56(48,3)4/h5-30H,1-4H3. The quantitative estimate of drug-likeness (QED) is 0.167. The lowest BCUT2D eigenvalue weighted by Crippen LogP contribution is -2.14. The number of rotatable bonds is 2. The van der Waals surface area contributed by atoms with Gasteiger partial charge >= 0.3 is 0 Å². The molecule has 58 heavy (non-hydrogen) atoms. The molecule has 0 saturated heterocycles. The van der Waals surface area contributed by atoms with Crippen molar-refractivity contribution in [3.05, 3.63) is 180 Å². The van der Waals surface area contributed by atoms with Crippen LogP contribution in [0.1, 0.15) is 49.9 Å². The fraction of sp³-hybridized carbons (Fsp3) is 0.107. The summed E-state index contributed by atoms with van der Waals surface area (Å²) in [5.41, 5.74) is 23.8. The number of para-hydroxylation sites is 2. The van der Waals surface area contributed by atoms with Gasteiger partial charge in [0.15, 0.2) is 0 Å². The van der Waals surface area contributed by atoms with Gasteiger partial charge in [-0.25, -0.2) is 0 Å². The molecule has 0 saturated carbocycles. The molecule has 0 spiro atoms. The maximum absolute atomic E-state index is 2.59. The van der Waals surface area contributed by atoms with Crippen molar-refractivity contribution in [1.29, 1.82) is 0 Å². The molecule has 4 aromatic heterocycles. The van der Waals surface area contributed by atoms with Crippen LogP contribution < -0.4 is 0 Å². The average Bonchev–Trinajstić information content (AvgIpc) is 4.06. The van der Waals surface area contributed by atoms with Crippen molar-refractivity contribution >= 4 is 65.4 Å². The number of hydrogen-bond donors (Lipinski definition) is 0. The molecule has 0 radical (unpaired) electrons. The van der Waals surface area contributed by atoms with Crippen LogP contribution in [0.3, 0.4) is 0 Å². The topological polar surface area (TPSA) is 8.82 Å². The normalized spacial score (nSPS) is 15.2. The smallest absolute Gasteiger partial charge is 0.0804 e. The Morgan fingerprint density at radius 3 is 1.14 bits per heavy atom. The molecule has 2 heteroatoms. The van der Waals surface area contributed by atoms with Gasteiger partial charge in [0, 0.05) is 43.1 Å². The Kier molecular flexibility index (Phi) is 5.46. The van der Waals surface area contributed by atoms with E-state index in [1.165, 1.54) is 132 Å². The van der Waals surface area contributed by atoms with Gasteiger partial charge < -0.3 is 8.80 Å². The summed E-state index contributed by atoms with van der Waals surface area (Å²) in [6.45, 7) is 9.43. The lowest BCUT2D eigenvalue weighted by atomic mass is 9.82. The summed E-state index contributed by atoms with van der Waals surface area (Å²) in [5, 5.41) is 7.83. The van der Waals surface area contributed by atoms with Crippen LogP contribution in [0.4, 0.5) is 0 Å². The van der Waals surface area contributed by atoms with Gasteiger partial charge in [0.05, 0.1) is 33.1 Å². The highest BCUT2D eigenvalue weighted by Crippen LogP contribution is 2.52. The van der Waals surface area contributed by atoms with Crippen LogP contribution in [-0.2, 0) is 10.8 Å². The van der Waals surface area contributed by atoms with Gasteiger partial charge in [-0.2, -0.15) is 0 Å². The van der Waals surface area contributed by atoms with Crippen LogP contribution in [0, 0.1) is 0 Å². The number of fused-ring (bicyclic) bond motifs is 17. The van der Waals surface area contributed by atoms with Gasteiger partial charge in [0.1, 0.15) is 0 Å². The second-order valence-electron chi connectivity index (χ2n) is 18.1. The lowest BCUT2D eigenvalue weighted by Gasteiger charge is -2.21. The molecule has 0 N–H and O–H groups in total. The maximum Gasteiger partial charge on any atom is 0.0804 e. The third-order valence-corrected chi connectivity index (χ3v) is 14.6. The Morgan fingerprint density at radius 2 is 0.672 bits per heavy atom. The van der Waals surface area contributed by atoms with Crippen molar-refractivity contribution in [3.63, 3.8) is 0 Å². The molecule has 272 valence electrons. The van der Waals surface area contributed by atoms with Crippen molar-refractivity contribution in [2.45, 2.75) is 38.5 Å². The van der Waals surface area contributed by atoms with Crippen molar-refractivity contribution in [2.24, 2.45) is 0 Å². The van der Waals surface area contributed by atoms with Gasteiger partial charge in [-0.15, -0.1) is 0 Å². The maximum atomic E-state index is 2.59. The van der Waals surface area contributed by atoms with Crippen molar-refractivity contribution < 1.29 is 0 Å². The molecule has 2 aliphatic carbocycles. The molecule has 0 amide bonds. The van der Waals surface area contributed by atoms with Crippen LogP contribution in [0.2, 0.25) is 0 Å². The minimum Gasteiger partial charge on any atom is -0.306 e. The molecular formula is C56H38N2. The Morgan fingerprint density at radius 1 is 0.293 bits per heavy atom. The van der Waals surface area contributed by atoms with Crippen molar-refractivity contribution in [2.75, 3.05) is 0 Å². The molecule has 2 aliphatic rings. The lowest BCUT2D eigenvalue weighted by molar-refractivity contribution is 0.660. The first-order valence-electron chi connectivity index (χ1n) is 20.7. The zero-order valence-corrected chi connectivity index (χ0v) is 32.9. The molecule has 0 fully saturated rings. The highest BCUT2D eigenvalue weighted by atomic mass is 15.0. The molecule has 14 rings (SSSR count). The van der Waals surface area contributed by atoms with E-state index in [1.54, 1.807) is 0 Å². The van der Waals surface area contributed by atoms with Gasteiger partial charge in [-0.1, -0.05) is 161 Å². The van der Waals surface area contributed by atoms with Crippen LogP contribution in [-0.4, -0.2) is 8.80 Å². The van der Waals surface area contributed by atoms with Crippen LogP contribution in [0.25, 0.3) is 110 Å². The van der Waals surface area contributed by atoms with Gasteiger partial charge in [0.25, 0.3) is 0 Å². The molecular weight excluding hydrogens is 701 g/mol. The molecule has 0 bridgehead atoms. The van der Waals surface area contributed by atoms with Crippen LogP contribution >= 0.6 is 0 Å². The van der Waals surface area contributed by atoms with Crippen LogP contribution in [0.15, 0.2) is 158 Å². The summed E-state index contributed by atoms with van der Waals surface area (Å²) in [5.74, 6) is 0. The predicted molar refractivity (Wildman–Crippen MR) is 244 cm³/mol. The van der Waals surface area contributed by atoms with E-state index in [9.17, 15) is 0 Å². The fourth-order valence-electron chi connectivity index (χ4n) is 11.8. The summed E-state index contributed by atoms with van der Waals surface area (Å²) >= 11 is 0. The number of nitrogens with zero attached hydrogens (tertiary/aromatic N) is 2. The Labute approximate surface area is 335 Å². The molecule has 12 aromatic rings. The van der Waals surface area contributed by atoms with Gasteiger partial charge in [-0.3, -0.25) is 0 Å². The Balaban J connectivity index is 1.01. The summed E-state index contributed by atoms with van der Waals surface area (Å²) in [6.07, 6.45) is 0. The Hall–Kier alpha value is -6.90. The average molecular weight is 739 g/mol. The first-order valence-corrected chi connectivity index (χ1v) is 20.7. The third-order valence-electron chi connectivity index (χ3n) is 14.6. The number of hydrogen-bond acceptors (Lipinski definition) is 0. The minimum absolute atomic E-state index is 0.00559. The van der Waals surface area contributed by atoms with Gasteiger partial charge in [-0.05, 0) is 91.0 Å². The van der Waals surface area contributed by atoms with E-state index >= 15 is 0 Å². The highest BCUT2D eigenvalue weighted by molar-refractivity contribution is 6.32. The summed E-state index contributed by atoms with van der Waals surface area (Å²) < 4.78 is 5.17. The highest BCUT2D eigenvalue weighted by Gasteiger charge is 2.36. The summed E-state index contributed by atoms with van der Waals surface area (Å²) in [4.78, 5) is 0. The van der Waals surface area contributed by atoms with Gasteiger partial charge in [0.2, 0.25) is 0 Å². The summed E-state index contributed by atoms with van der Waals surface area (Å²) in [6, 6.07) is 60.2. The molecule has 4 heterocycles. The van der Waals surface area contributed by atoms with E-state index in [4.69, 9.17) is 0 Å². The first kappa shape index (κ1) is 31.2. The monoisotopic (exact) mass is 738 g/mol. The predicted octanol–water partition coefficient (Wildman–Crippen LogP) is 14.8. The molecule has 0 unspecified atom stereocenters. The number of benzene rings is 8. The van der Waals surface area contributed by atoms with Crippen molar-refractivity contribution in [1.82, 2.24) is 8.80 Å². The second-order valence-corrected chi connectivity index (χ2v) is 18.1.